The van der Waals surface area contributed by atoms with Gasteiger partial charge in [-0.15, -0.1) is 0 Å². The Kier molecular flexibility index (Phi) is 5.31. The normalized spacial score (nSPS) is 13.7. The van der Waals surface area contributed by atoms with Gasteiger partial charge in [-0.2, -0.15) is 0 Å². The molecule has 5 heteroatoms. The van der Waals surface area contributed by atoms with Crippen LogP contribution in [0.4, 0.5) is 0 Å². The minimum absolute atomic E-state index is 0.0162. The van der Waals surface area contributed by atoms with Crippen molar-refractivity contribution in [2.45, 2.75) is 12.3 Å². The molecule has 0 fully saturated rings. The third-order valence-electron chi connectivity index (χ3n) is 5.67. The van der Waals surface area contributed by atoms with Crippen LogP contribution >= 0.6 is 0 Å². The maximum atomic E-state index is 12.8. The highest BCUT2D eigenvalue weighted by atomic mass is 16.6. The van der Waals surface area contributed by atoms with Crippen LogP contribution in [-0.2, 0) is 11.2 Å². The van der Waals surface area contributed by atoms with Crippen LogP contribution in [0.3, 0.4) is 0 Å². The van der Waals surface area contributed by atoms with Crippen LogP contribution in [0, 0.1) is 0 Å². The van der Waals surface area contributed by atoms with Gasteiger partial charge in [0.2, 0.25) is 5.91 Å². The molecule has 2 heterocycles. The Morgan fingerprint density at radius 3 is 2.58 bits per heavy atom. The van der Waals surface area contributed by atoms with E-state index >= 15 is 0 Å². The monoisotopic (exact) mass is 412 g/mol. The zero-order valence-corrected chi connectivity index (χ0v) is 17.1. The Labute approximate surface area is 181 Å². The molecule has 0 aliphatic carbocycles. The summed E-state index contributed by atoms with van der Waals surface area (Å²) < 4.78 is 11.2. The lowest BCUT2D eigenvalue weighted by atomic mass is 9.91. The molecule has 4 aromatic rings. The van der Waals surface area contributed by atoms with Crippen LogP contribution < -0.4 is 14.8 Å². The molecule has 0 saturated heterocycles. The van der Waals surface area contributed by atoms with E-state index in [9.17, 15) is 4.79 Å². The number of fused-ring (bicyclic) bond motifs is 2. The van der Waals surface area contributed by atoms with Crippen LogP contribution in [0.15, 0.2) is 79.0 Å². The summed E-state index contributed by atoms with van der Waals surface area (Å²) in [5.74, 6) is 1.48. The van der Waals surface area contributed by atoms with E-state index in [1.54, 1.807) is 0 Å². The first-order valence-corrected chi connectivity index (χ1v) is 10.5. The van der Waals surface area contributed by atoms with Crippen molar-refractivity contribution in [3.8, 4) is 11.5 Å². The van der Waals surface area contributed by atoms with Crippen molar-refractivity contribution in [1.82, 2.24) is 10.3 Å². The summed E-state index contributed by atoms with van der Waals surface area (Å²) in [6, 6.07) is 24.2. The van der Waals surface area contributed by atoms with Crippen LogP contribution in [0.1, 0.15) is 22.6 Å². The largest absolute Gasteiger partial charge is 0.486 e. The quantitative estimate of drug-likeness (QED) is 0.492. The van der Waals surface area contributed by atoms with Gasteiger partial charge in [-0.1, -0.05) is 54.6 Å². The fraction of sp³-hybridized carbons (Fsp3) is 0.192. The fourth-order valence-corrected chi connectivity index (χ4v) is 4.14. The zero-order chi connectivity index (χ0) is 21.0. The number of rotatable bonds is 6. The van der Waals surface area contributed by atoms with Gasteiger partial charge >= 0.3 is 0 Å². The number of H-pyrrole nitrogens is 1. The molecule has 0 spiro atoms. The predicted octanol–water partition coefficient (Wildman–Crippen LogP) is 4.43. The molecule has 1 aliphatic rings. The lowest BCUT2D eigenvalue weighted by molar-refractivity contribution is -0.120. The van der Waals surface area contributed by atoms with E-state index < -0.39 is 0 Å². The molecule has 1 aromatic heterocycles. The van der Waals surface area contributed by atoms with Crippen molar-refractivity contribution in [3.05, 3.63) is 95.7 Å². The maximum Gasteiger partial charge on any atom is 0.224 e. The third-order valence-corrected chi connectivity index (χ3v) is 5.67. The Morgan fingerprint density at radius 2 is 1.71 bits per heavy atom. The van der Waals surface area contributed by atoms with Crippen molar-refractivity contribution in [3.63, 3.8) is 0 Å². The van der Waals surface area contributed by atoms with E-state index in [-0.39, 0.29) is 11.8 Å². The Morgan fingerprint density at radius 1 is 0.935 bits per heavy atom. The first kappa shape index (κ1) is 19.2. The van der Waals surface area contributed by atoms with E-state index in [0.717, 1.165) is 16.8 Å². The number of ether oxygens (including phenoxy) is 2. The third kappa shape index (κ3) is 4.12. The highest BCUT2D eigenvalue weighted by Gasteiger charge is 2.19. The number of nitrogens with one attached hydrogen (secondary N) is 2. The number of hydrogen-bond donors (Lipinski definition) is 2. The van der Waals surface area contributed by atoms with Crippen molar-refractivity contribution in [2.75, 3.05) is 19.8 Å². The van der Waals surface area contributed by atoms with Gasteiger partial charge in [0.05, 0.1) is 6.42 Å². The molecule has 1 aliphatic heterocycles. The van der Waals surface area contributed by atoms with Crippen LogP contribution in [-0.4, -0.2) is 30.6 Å². The van der Waals surface area contributed by atoms with Gasteiger partial charge in [0.15, 0.2) is 11.5 Å². The smallest absolute Gasteiger partial charge is 0.224 e. The number of aromatic nitrogens is 1. The molecule has 1 atom stereocenters. The van der Waals surface area contributed by atoms with Crippen molar-refractivity contribution >= 4 is 16.8 Å². The lowest BCUT2D eigenvalue weighted by Crippen LogP contribution is -2.30. The van der Waals surface area contributed by atoms with E-state index in [4.69, 9.17) is 9.47 Å². The van der Waals surface area contributed by atoms with E-state index in [1.807, 2.05) is 48.5 Å². The molecule has 5 nitrogen and oxygen atoms in total. The van der Waals surface area contributed by atoms with Gasteiger partial charge in [-0.25, -0.2) is 0 Å². The first-order chi connectivity index (χ1) is 15.3. The number of carbonyl (C=O) groups is 1. The molecule has 0 saturated carbocycles. The molecule has 31 heavy (non-hydrogen) atoms. The standard InChI is InChI=1S/C26H24N2O3/c29-26(15-18-10-11-24-25(14-18)31-13-12-30-24)28-16-21(19-6-2-1-3-7-19)22-17-27-23-9-5-4-8-20(22)23/h1-11,14,17,21,27H,12-13,15-16H2,(H,28,29). The maximum absolute atomic E-state index is 12.8. The predicted molar refractivity (Wildman–Crippen MR) is 121 cm³/mol. The minimum Gasteiger partial charge on any atom is -0.486 e. The summed E-state index contributed by atoms with van der Waals surface area (Å²) in [5, 5.41) is 4.32. The number of aromatic amines is 1. The first-order valence-electron chi connectivity index (χ1n) is 10.5. The van der Waals surface area contributed by atoms with Crippen molar-refractivity contribution < 1.29 is 14.3 Å². The summed E-state index contributed by atoms with van der Waals surface area (Å²) in [6.07, 6.45) is 2.35. The molecule has 1 amide bonds. The molecule has 3 aromatic carbocycles. The number of benzene rings is 3. The topological polar surface area (TPSA) is 63.4 Å². The molecule has 2 N–H and O–H groups in total. The molecule has 5 rings (SSSR count). The minimum atomic E-state index is -0.0162. The van der Waals surface area contributed by atoms with Gasteiger partial charge in [0.25, 0.3) is 0 Å². The molecule has 0 radical (unpaired) electrons. The molecular formula is C26H24N2O3. The van der Waals surface area contributed by atoms with Gasteiger partial charge in [-0.05, 0) is 34.9 Å². The van der Waals surface area contributed by atoms with Crippen LogP contribution in [0.25, 0.3) is 10.9 Å². The fourth-order valence-electron chi connectivity index (χ4n) is 4.14. The second-order valence-electron chi connectivity index (χ2n) is 7.71. The van der Waals surface area contributed by atoms with Crippen molar-refractivity contribution in [2.24, 2.45) is 0 Å². The van der Waals surface area contributed by atoms with E-state index in [1.165, 1.54) is 16.5 Å². The average Bonchev–Trinajstić information content (AvgIpc) is 3.24. The SMILES string of the molecule is O=C(Cc1ccc2c(c1)OCCO2)NCC(c1ccccc1)c1c[nH]c2ccccc12. The van der Waals surface area contributed by atoms with E-state index in [2.05, 4.69) is 40.8 Å². The van der Waals surface area contributed by atoms with Gasteiger partial charge in [0, 0.05) is 29.6 Å². The van der Waals surface area contributed by atoms with Gasteiger partial charge < -0.3 is 19.8 Å². The summed E-state index contributed by atoms with van der Waals surface area (Å²) >= 11 is 0. The lowest BCUT2D eigenvalue weighted by Gasteiger charge is -2.20. The van der Waals surface area contributed by atoms with Crippen molar-refractivity contribution in [1.29, 1.82) is 0 Å². The summed E-state index contributed by atoms with van der Waals surface area (Å²) in [5.41, 5.74) is 4.36. The molecule has 156 valence electrons. The Hall–Kier alpha value is -3.73. The summed E-state index contributed by atoms with van der Waals surface area (Å²) in [7, 11) is 0. The molecule has 1 unspecified atom stereocenters. The average molecular weight is 412 g/mol. The number of para-hydroxylation sites is 1. The number of carbonyl (C=O) groups excluding carboxylic acids is 1. The van der Waals surface area contributed by atoms with Crippen LogP contribution in [0.2, 0.25) is 0 Å². The highest BCUT2D eigenvalue weighted by Crippen LogP contribution is 2.32. The summed E-state index contributed by atoms with van der Waals surface area (Å²) in [4.78, 5) is 16.1. The Bertz CT molecular complexity index is 1200. The van der Waals surface area contributed by atoms with E-state index in [0.29, 0.717) is 31.9 Å². The van der Waals surface area contributed by atoms with Gasteiger partial charge in [0.1, 0.15) is 13.2 Å². The van der Waals surface area contributed by atoms with Crippen LogP contribution in [0.5, 0.6) is 11.5 Å². The number of hydrogen-bond acceptors (Lipinski definition) is 3. The molecular weight excluding hydrogens is 388 g/mol. The summed E-state index contributed by atoms with van der Waals surface area (Å²) in [6.45, 7) is 1.61. The highest BCUT2D eigenvalue weighted by molar-refractivity contribution is 5.84. The zero-order valence-electron chi connectivity index (χ0n) is 17.1. The molecule has 0 bridgehead atoms. The second-order valence-corrected chi connectivity index (χ2v) is 7.71. The second kappa shape index (κ2) is 8.56. The number of amides is 1. The Balaban J connectivity index is 1.33. The van der Waals surface area contributed by atoms with Gasteiger partial charge in [-0.3, -0.25) is 4.79 Å².